The summed E-state index contributed by atoms with van der Waals surface area (Å²) in [6.45, 7) is 7.75. The number of rotatable bonds is 7. The van der Waals surface area contributed by atoms with Crippen molar-refractivity contribution in [2.24, 2.45) is 5.92 Å². The van der Waals surface area contributed by atoms with Crippen molar-refractivity contribution >= 4 is 5.97 Å². The van der Waals surface area contributed by atoms with Crippen LogP contribution in [-0.2, 0) is 9.53 Å². The predicted octanol–water partition coefficient (Wildman–Crippen LogP) is 5.34. The summed E-state index contributed by atoms with van der Waals surface area (Å²) in [4.78, 5) is 12.2. The van der Waals surface area contributed by atoms with E-state index < -0.39 is 6.10 Å². The molecule has 5 heteroatoms. The summed E-state index contributed by atoms with van der Waals surface area (Å²) in [5.74, 6) is 0.00433. The summed E-state index contributed by atoms with van der Waals surface area (Å²) in [6.07, 6.45) is 4.31. The third kappa shape index (κ3) is 4.91. The van der Waals surface area contributed by atoms with Crippen molar-refractivity contribution in [2.75, 3.05) is 0 Å². The van der Waals surface area contributed by atoms with E-state index in [9.17, 15) is 15.0 Å². The smallest absolute Gasteiger partial charge is 0.309 e. The molecule has 1 aromatic carbocycles. The van der Waals surface area contributed by atoms with Gasteiger partial charge >= 0.3 is 5.97 Å². The van der Waals surface area contributed by atoms with Crippen molar-refractivity contribution < 1.29 is 24.2 Å². The first-order valence-electron chi connectivity index (χ1n) is 8.76. The Hall–Kier alpha value is -2.69. The van der Waals surface area contributed by atoms with Gasteiger partial charge in [0.15, 0.2) is 0 Å². The summed E-state index contributed by atoms with van der Waals surface area (Å²) >= 11 is 0. The predicted molar refractivity (Wildman–Crippen MR) is 99.8 cm³/mol. The van der Waals surface area contributed by atoms with Crippen LogP contribution in [0.2, 0.25) is 0 Å². The van der Waals surface area contributed by atoms with Gasteiger partial charge in [-0.1, -0.05) is 25.5 Å². The van der Waals surface area contributed by atoms with Crippen LogP contribution in [0.4, 0.5) is 0 Å². The zero-order chi connectivity index (χ0) is 19.3. The second kappa shape index (κ2) is 8.61. The molecule has 2 unspecified atom stereocenters. The van der Waals surface area contributed by atoms with Gasteiger partial charge in [-0.25, -0.2) is 0 Å². The summed E-state index contributed by atoms with van der Waals surface area (Å²) in [5.41, 5.74) is 2.21. The Morgan fingerprint density at radius 1 is 1.27 bits per heavy atom. The Labute approximate surface area is 153 Å². The highest BCUT2D eigenvalue weighted by atomic mass is 16.5. The molecule has 0 radical (unpaired) electrons. The van der Waals surface area contributed by atoms with E-state index in [-0.39, 0.29) is 23.4 Å². The van der Waals surface area contributed by atoms with E-state index in [2.05, 4.69) is 0 Å². The van der Waals surface area contributed by atoms with Gasteiger partial charge in [0.1, 0.15) is 23.4 Å². The number of carbonyl (C=O) groups is 1. The van der Waals surface area contributed by atoms with E-state index >= 15 is 0 Å². The lowest BCUT2D eigenvalue weighted by Gasteiger charge is -2.17. The topological polar surface area (TPSA) is 79.9 Å². The molecule has 0 saturated carbocycles. The molecule has 0 aliphatic heterocycles. The highest BCUT2D eigenvalue weighted by molar-refractivity contribution is 5.72. The van der Waals surface area contributed by atoms with Gasteiger partial charge in [0, 0.05) is 12.0 Å². The molecule has 0 aliphatic carbocycles. The molecule has 0 spiro atoms. The minimum absolute atomic E-state index is 0.00106. The molecule has 0 fully saturated rings. The molecule has 0 bridgehead atoms. The van der Waals surface area contributed by atoms with E-state index in [1.54, 1.807) is 6.07 Å². The largest absolute Gasteiger partial charge is 0.508 e. The maximum atomic E-state index is 12.2. The molecule has 5 nitrogen and oxygen atoms in total. The van der Waals surface area contributed by atoms with Crippen molar-refractivity contribution in [1.82, 2.24) is 0 Å². The third-order valence-electron chi connectivity index (χ3n) is 4.25. The Morgan fingerprint density at radius 3 is 2.65 bits per heavy atom. The average Bonchev–Trinajstić information content (AvgIpc) is 3.09. The molecule has 0 amide bonds. The number of hydrogen-bond donors (Lipinski definition) is 2. The molecule has 2 rings (SSSR count). The van der Waals surface area contributed by atoms with Crippen LogP contribution < -0.4 is 0 Å². The van der Waals surface area contributed by atoms with Crippen LogP contribution >= 0.6 is 0 Å². The van der Waals surface area contributed by atoms with Crippen LogP contribution in [0.25, 0.3) is 11.3 Å². The maximum absolute atomic E-state index is 12.2. The number of phenols is 2. The van der Waals surface area contributed by atoms with Crippen LogP contribution in [0.15, 0.2) is 46.6 Å². The number of hydrogen-bond acceptors (Lipinski definition) is 5. The van der Waals surface area contributed by atoms with E-state index in [4.69, 9.17) is 9.15 Å². The van der Waals surface area contributed by atoms with Gasteiger partial charge in [0.25, 0.3) is 0 Å². The molecule has 1 aromatic heterocycles. The molecule has 0 saturated heterocycles. The van der Waals surface area contributed by atoms with Gasteiger partial charge < -0.3 is 19.4 Å². The van der Waals surface area contributed by atoms with E-state index in [0.717, 1.165) is 5.57 Å². The first-order valence-corrected chi connectivity index (χ1v) is 8.76. The molecular weight excluding hydrogens is 332 g/mol. The second-order valence-corrected chi connectivity index (χ2v) is 6.70. The zero-order valence-corrected chi connectivity index (χ0v) is 15.7. The number of aromatic hydroxyl groups is 2. The van der Waals surface area contributed by atoms with E-state index in [1.165, 1.54) is 24.5 Å². The molecule has 26 heavy (non-hydrogen) atoms. The Kier molecular flexibility index (Phi) is 6.50. The molecule has 0 aliphatic rings. The summed E-state index contributed by atoms with van der Waals surface area (Å²) in [5, 5.41) is 19.6. The number of benzene rings is 1. The standard InChI is InChI=1S/C21H26O5/c1-5-14(4)21(24)26-19(9-6-13(2)3)15-10-20(25-12-15)17-11-16(22)7-8-18(17)23/h6-8,10-12,14,19,22-23H,5,9H2,1-4H3. The second-order valence-electron chi connectivity index (χ2n) is 6.70. The van der Waals surface area contributed by atoms with Crippen LogP contribution in [0.3, 0.4) is 0 Å². The normalized spacial score (nSPS) is 13.1. The Balaban J connectivity index is 2.30. The average molecular weight is 358 g/mol. The van der Waals surface area contributed by atoms with Gasteiger partial charge in [-0.2, -0.15) is 0 Å². The molecule has 1 heterocycles. The Bertz CT molecular complexity index is 783. The maximum Gasteiger partial charge on any atom is 0.309 e. The third-order valence-corrected chi connectivity index (χ3v) is 4.25. The molecular formula is C21H26O5. The van der Waals surface area contributed by atoms with Crippen LogP contribution in [0, 0.1) is 5.92 Å². The fourth-order valence-electron chi connectivity index (χ4n) is 2.40. The van der Waals surface area contributed by atoms with Crippen LogP contribution in [0.5, 0.6) is 11.5 Å². The molecule has 2 atom stereocenters. The molecule has 140 valence electrons. The number of allylic oxidation sites excluding steroid dienone is 1. The van der Waals surface area contributed by atoms with Crippen molar-refractivity contribution in [3.8, 4) is 22.8 Å². The highest BCUT2D eigenvalue weighted by Gasteiger charge is 2.22. The number of phenolic OH excluding ortho intramolecular Hbond substituents is 2. The van der Waals surface area contributed by atoms with Gasteiger partial charge in [0.05, 0.1) is 17.7 Å². The lowest BCUT2D eigenvalue weighted by molar-refractivity contribution is -0.153. The SMILES string of the molecule is CCC(C)C(=O)OC(CC=C(C)C)c1coc(-c2cc(O)ccc2O)c1. The summed E-state index contributed by atoms with van der Waals surface area (Å²) in [7, 11) is 0. The van der Waals surface area contributed by atoms with Crippen LogP contribution in [-0.4, -0.2) is 16.2 Å². The minimum atomic E-state index is -0.469. The number of carbonyl (C=O) groups excluding carboxylic acids is 1. The molecule has 2 N–H and O–H groups in total. The van der Waals surface area contributed by atoms with Crippen LogP contribution in [0.1, 0.15) is 52.2 Å². The molecule has 2 aromatic rings. The van der Waals surface area contributed by atoms with Crippen molar-refractivity contribution in [2.45, 2.75) is 46.6 Å². The first kappa shape index (κ1) is 19.6. The number of furan rings is 1. The van der Waals surface area contributed by atoms with E-state index in [1.807, 2.05) is 33.8 Å². The van der Waals surface area contributed by atoms with Crippen molar-refractivity contribution in [3.63, 3.8) is 0 Å². The summed E-state index contributed by atoms with van der Waals surface area (Å²) in [6, 6.07) is 5.95. The fraction of sp³-hybridized carbons (Fsp3) is 0.381. The van der Waals surface area contributed by atoms with Gasteiger partial charge in [-0.05, 0) is 44.5 Å². The minimum Gasteiger partial charge on any atom is -0.508 e. The van der Waals surface area contributed by atoms with Crippen molar-refractivity contribution in [1.29, 1.82) is 0 Å². The zero-order valence-electron chi connectivity index (χ0n) is 15.7. The summed E-state index contributed by atoms with van der Waals surface area (Å²) < 4.78 is 11.2. The number of ether oxygens (including phenoxy) is 1. The lowest BCUT2D eigenvalue weighted by Crippen LogP contribution is -2.17. The van der Waals surface area contributed by atoms with Gasteiger partial charge in [0.2, 0.25) is 0 Å². The van der Waals surface area contributed by atoms with Gasteiger partial charge in [-0.15, -0.1) is 0 Å². The lowest BCUT2D eigenvalue weighted by atomic mass is 10.1. The monoisotopic (exact) mass is 358 g/mol. The Morgan fingerprint density at radius 2 is 2.00 bits per heavy atom. The quantitative estimate of drug-likeness (QED) is 0.396. The van der Waals surface area contributed by atoms with Crippen molar-refractivity contribution in [3.05, 3.63) is 47.7 Å². The number of esters is 1. The fourth-order valence-corrected chi connectivity index (χ4v) is 2.40. The van der Waals surface area contributed by atoms with Gasteiger partial charge in [-0.3, -0.25) is 4.79 Å². The van der Waals surface area contributed by atoms with E-state index in [0.29, 0.717) is 29.7 Å². The first-order chi connectivity index (χ1) is 12.3. The highest BCUT2D eigenvalue weighted by Crippen LogP contribution is 2.36.